The second-order valence-electron chi connectivity index (χ2n) is 6.69. The number of halogens is 5. The van der Waals surface area contributed by atoms with Gasteiger partial charge in [0.25, 0.3) is 5.91 Å². The van der Waals surface area contributed by atoms with Gasteiger partial charge in [0.2, 0.25) is 0 Å². The average molecular weight is 431 g/mol. The summed E-state index contributed by atoms with van der Waals surface area (Å²) in [5, 5.41) is 4.00. The van der Waals surface area contributed by atoms with Crippen molar-refractivity contribution >= 4 is 11.9 Å². The van der Waals surface area contributed by atoms with Crippen molar-refractivity contribution in [3.63, 3.8) is 0 Å². The van der Waals surface area contributed by atoms with Crippen LogP contribution >= 0.6 is 0 Å². The van der Waals surface area contributed by atoms with E-state index in [-0.39, 0.29) is 42.9 Å². The maximum absolute atomic E-state index is 13.5. The van der Waals surface area contributed by atoms with Gasteiger partial charge in [0.05, 0.1) is 19.6 Å². The average Bonchev–Trinajstić information content (AvgIpc) is 3.05. The molecule has 11 heteroatoms. The normalized spacial score (nSPS) is 13.9. The summed E-state index contributed by atoms with van der Waals surface area (Å²) >= 11 is 0. The van der Waals surface area contributed by atoms with Gasteiger partial charge in [-0.2, -0.15) is 18.3 Å². The minimum atomic E-state index is -4.40. The Balaban J connectivity index is 1.89. The van der Waals surface area contributed by atoms with Crippen LogP contribution < -0.4 is 0 Å². The van der Waals surface area contributed by atoms with Crippen LogP contribution in [0.25, 0.3) is 0 Å². The first-order valence-electron chi connectivity index (χ1n) is 9.17. The third-order valence-corrected chi connectivity index (χ3v) is 4.66. The number of hydrogen-bond acceptors (Lipinski definition) is 4. The molecule has 0 fully saturated rings. The van der Waals surface area contributed by atoms with Crippen LogP contribution in [0.15, 0.2) is 18.2 Å². The topological polar surface area (TPSA) is 64.4 Å². The quantitative estimate of drug-likeness (QED) is 0.537. The van der Waals surface area contributed by atoms with Gasteiger partial charge in [0.1, 0.15) is 0 Å². The number of nitrogens with zero attached hydrogens (tertiary/aromatic N) is 3. The van der Waals surface area contributed by atoms with Crippen molar-refractivity contribution in [3.05, 3.63) is 52.3 Å². The molecular formula is C19H18F5N3O3. The summed E-state index contributed by atoms with van der Waals surface area (Å²) < 4.78 is 70.6. The highest BCUT2D eigenvalue weighted by molar-refractivity contribution is 5.95. The summed E-state index contributed by atoms with van der Waals surface area (Å²) in [6.07, 6.45) is -5.37. The Bertz CT molecular complexity index is 971. The summed E-state index contributed by atoms with van der Waals surface area (Å²) in [5.74, 6) is -3.67. The number of carbonyl (C=O) groups is 2. The van der Waals surface area contributed by atoms with Crippen molar-refractivity contribution in [2.24, 2.45) is 0 Å². The van der Waals surface area contributed by atoms with Crippen LogP contribution in [-0.2, 0) is 24.2 Å². The van der Waals surface area contributed by atoms with Gasteiger partial charge in [-0.05, 0) is 25.1 Å². The summed E-state index contributed by atoms with van der Waals surface area (Å²) in [6.45, 7) is 1.14. The van der Waals surface area contributed by atoms with Crippen molar-refractivity contribution in [1.82, 2.24) is 14.7 Å². The zero-order chi connectivity index (χ0) is 22.1. The first-order chi connectivity index (χ1) is 14.1. The van der Waals surface area contributed by atoms with Crippen LogP contribution in [0.1, 0.15) is 45.4 Å². The van der Waals surface area contributed by atoms with Gasteiger partial charge < -0.3 is 9.64 Å². The first kappa shape index (κ1) is 21.7. The number of amides is 1. The third kappa shape index (κ3) is 4.60. The maximum Gasteiger partial charge on any atom is 0.390 e. The number of hydrogen-bond donors (Lipinski definition) is 0. The number of esters is 1. The van der Waals surface area contributed by atoms with Crippen LogP contribution in [0.4, 0.5) is 22.0 Å². The predicted octanol–water partition coefficient (Wildman–Crippen LogP) is 3.49. The van der Waals surface area contributed by atoms with Gasteiger partial charge in [0.15, 0.2) is 17.3 Å². The van der Waals surface area contributed by atoms with E-state index in [4.69, 9.17) is 4.74 Å². The van der Waals surface area contributed by atoms with E-state index in [9.17, 15) is 31.5 Å². The third-order valence-electron chi connectivity index (χ3n) is 4.66. The highest BCUT2D eigenvalue weighted by atomic mass is 19.4. The maximum atomic E-state index is 13.5. The monoisotopic (exact) mass is 431 g/mol. The molecule has 1 amide bonds. The fourth-order valence-corrected chi connectivity index (χ4v) is 3.26. The van der Waals surface area contributed by atoms with Crippen molar-refractivity contribution in [2.45, 2.75) is 39.0 Å². The minimum Gasteiger partial charge on any atom is -0.461 e. The molecule has 2 heterocycles. The highest BCUT2D eigenvalue weighted by Gasteiger charge is 2.33. The van der Waals surface area contributed by atoms with E-state index in [2.05, 4.69) is 5.10 Å². The lowest BCUT2D eigenvalue weighted by atomic mass is 10.0. The molecule has 2 aromatic rings. The zero-order valence-electron chi connectivity index (χ0n) is 15.9. The Morgan fingerprint density at radius 3 is 2.57 bits per heavy atom. The Kier molecular flexibility index (Phi) is 6.09. The van der Waals surface area contributed by atoms with E-state index in [1.807, 2.05) is 0 Å². The number of ether oxygens (including phenoxy) is 1. The molecule has 0 aliphatic carbocycles. The molecule has 0 spiro atoms. The summed E-state index contributed by atoms with van der Waals surface area (Å²) in [6, 6.07) is 2.73. The summed E-state index contributed by atoms with van der Waals surface area (Å²) in [4.78, 5) is 26.2. The number of aromatic nitrogens is 2. The lowest BCUT2D eigenvalue weighted by molar-refractivity contribution is -0.137. The number of rotatable bonds is 5. The van der Waals surface area contributed by atoms with Gasteiger partial charge in [-0.15, -0.1) is 0 Å². The van der Waals surface area contributed by atoms with Crippen LogP contribution in [0.3, 0.4) is 0 Å². The molecule has 30 heavy (non-hydrogen) atoms. The molecule has 0 atom stereocenters. The fraction of sp³-hybridized carbons (Fsp3) is 0.421. The van der Waals surface area contributed by atoms with Gasteiger partial charge in [-0.1, -0.05) is 0 Å². The van der Waals surface area contributed by atoms with E-state index in [1.165, 1.54) is 4.90 Å². The lowest BCUT2D eigenvalue weighted by Crippen LogP contribution is -2.37. The van der Waals surface area contributed by atoms with Crippen molar-refractivity contribution in [3.8, 4) is 0 Å². The van der Waals surface area contributed by atoms with E-state index in [0.717, 1.165) is 22.9 Å². The molecule has 0 bridgehead atoms. The smallest absolute Gasteiger partial charge is 0.390 e. The highest BCUT2D eigenvalue weighted by Crippen LogP contribution is 2.27. The van der Waals surface area contributed by atoms with E-state index in [0.29, 0.717) is 5.69 Å². The number of benzene rings is 1. The molecule has 0 unspecified atom stereocenters. The molecule has 0 saturated heterocycles. The Morgan fingerprint density at radius 2 is 1.93 bits per heavy atom. The molecule has 1 aromatic carbocycles. The van der Waals surface area contributed by atoms with Gasteiger partial charge >= 0.3 is 12.1 Å². The Labute approximate surface area is 168 Å². The zero-order valence-corrected chi connectivity index (χ0v) is 15.9. The number of carbonyl (C=O) groups excluding carboxylic acids is 2. The molecule has 3 rings (SSSR count). The number of aryl methyl sites for hydroxylation is 1. The molecule has 0 saturated carbocycles. The fourth-order valence-electron chi connectivity index (χ4n) is 3.26. The van der Waals surface area contributed by atoms with Gasteiger partial charge in [-0.25, -0.2) is 13.6 Å². The van der Waals surface area contributed by atoms with Crippen LogP contribution in [0.5, 0.6) is 0 Å². The standard InChI is InChI=1S/C19H18F5N3O3/c1-2-30-18(29)16-12-10-26(17(28)11-3-4-13(20)14(21)9-11)7-5-15(12)27(25-16)8-6-19(22,23)24/h3-4,9H,2,5-8,10H2,1H3. The van der Waals surface area contributed by atoms with Gasteiger partial charge in [-0.3, -0.25) is 9.48 Å². The van der Waals surface area contributed by atoms with Crippen molar-refractivity contribution < 1.29 is 36.3 Å². The van der Waals surface area contributed by atoms with Crippen LogP contribution in [0.2, 0.25) is 0 Å². The Morgan fingerprint density at radius 1 is 1.20 bits per heavy atom. The molecule has 0 N–H and O–H groups in total. The molecule has 1 aliphatic rings. The molecule has 6 nitrogen and oxygen atoms in total. The molecule has 162 valence electrons. The first-order valence-corrected chi connectivity index (χ1v) is 9.17. The second kappa shape index (κ2) is 8.41. The minimum absolute atomic E-state index is 0.0422. The largest absolute Gasteiger partial charge is 0.461 e. The summed E-state index contributed by atoms with van der Waals surface area (Å²) in [7, 11) is 0. The van der Waals surface area contributed by atoms with E-state index < -0.39 is 42.7 Å². The number of alkyl halides is 3. The van der Waals surface area contributed by atoms with Crippen molar-refractivity contribution in [2.75, 3.05) is 13.2 Å². The summed E-state index contributed by atoms with van der Waals surface area (Å²) in [5.41, 5.74) is 0.464. The molecule has 0 radical (unpaired) electrons. The van der Waals surface area contributed by atoms with Crippen LogP contribution in [-0.4, -0.2) is 45.9 Å². The van der Waals surface area contributed by atoms with E-state index >= 15 is 0 Å². The molecular weight excluding hydrogens is 413 g/mol. The van der Waals surface area contributed by atoms with Crippen LogP contribution in [0, 0.1) is 11.6 Å². The lowest BCUT2D eigenvalue weighted by Gasteiger charge is -2.28. The van der Waals surface area contributed by atoms with E-state index in [1.54, 1.807) is 6.92 Å². The van der Waals surface area contributed by atoms with Gasteiger partial charge in [0, 0.05) is 36.3 Å². The SMILES string of the molecule is CCOC(=O)c1nn(CCC(F)(F)F)c2c1CN(C(=O)c1ccc(F)c(F)c1)CC2. The Hall–Kier alpha value is -2.98. The van der Waals surface area contributed by atoms with Crippen molar-refractivity contribution in [1.29, 1.82) is 0 Å². The molecule has 1 aliphatic heterocycles. The predicted molar refractivity (Wildman–Crippen MR) is 93.7 cm³/mol. The second-order valence-corrected chi connectivity index (χ2v) is 6.69. The number of fused-ring (bicyclic) bond motifs is 1. The molecule has 1 aromatic heterocycles.